The van der Waals surface area contributed by atoms with Gasteiger partial charge in [0.2, 0.25) is 0 Å². The molecule has 0 saturated carbocycles. The van der Waals surface area contributed by atoms with E-state index in [0.29, 0.717) is 6.26 Å². The SMILES string of the molecule is CCCCCCCCCCCn1cccc1CCCC.CS(=O)(=O)O. The summed E-state index contributed by atoms with van der Waals surface area (Å²) in [4.78, 5) is 0. The molecular formula is C20H39NO3S. The van der Waals surface area contributed by atoms with Crippen LogP contribution in [0.4, 0.5) is 0 Å². The molecular weight excluding hydrogens is 334 g/mol. The van der Waals surface area contributed by atoms with Gasteiger partial charge >= 0.3 is 0 Å². The van der Waals surface area contributed by atoms with Crippen LogP contribution in [0.15, 0.2) is 18.3 Å². The summed E-state index contributed by atoms with van der Waals surface area (Å²) in [6.45, 7) is 5.78. The van der Waals surface area contributed by atoms with E-state index in [4.69, 9.17) is 4.55 Å². The maximum Gasteiger partial charge on any atom is 0.261 e. The first kappa shape index (κ1) is 24.2. The van der Waals surface area contributed by atoms with E-state index < -0.39 is 10.1 Å². The molecule has 0 fully saturated rings. The van der Waals surface area contributed by atoms with Crippen LogP contribution in [0.3, 0.4) is 0 Å². The first-order chi connectivity index (χ1) is 11.9. The third-order valence-corrected chi connectivity index (χ3v) is 4.21. The fourth-order valence-electron chi connectivity index (χ4n) is 2.85. The molecule has 0 atom stereocenters. The van der Waals surface area contributed by atoms with Crippen LogP contribution >= 0.6 is 0 Å². The molecule has 1 aromatic rings. The number of hydrogen-bond acceptors (Lipinski definition) is 2. The maximum atomic E-state index is 9.19. The molecule has 148 valence electrons. The summed E-state index contributed by atoms with van der Waals surface area (Å²) in [5.41, 5.74) is 1.53. The minimum atomic E-state index is -3.67. The molecule has 0 amide bonds. The van der Waals surface area contributed by atoms with Crippen molar-refractivity contribution >= 4 is 10.1 Å². The van der Waals surface area contributed by atoms with Crippen molar-refractivity contribution in [1.29, 1.82) is 0 Å². The van der Waals surface area contributed by atoms with Crippen LogP contribution in [-0.2, 0) is 23.1 Å². The second-order valence-corrected chi connectivity index (χ2v) is 8.32. The van der Waals surface area contributed by atoms with Crippen molar-refractivity contribution in [3.63, 3.8) is 0 Å². The van der Waals surface area contributed by atoms with Gasteiger partial charge in [-0.2, -0.15) is 8.42 Å². The summed E-state index contributed by atoms with van der Waals surface area (Å²) in [7, 11) is -3.67. The average molecular weight is 374 g/mol. The number of hydrogen-bond donors (Lipinski definition) is 1. The Morgan fingerprint density at radius 2 is 1.36 bits per heavy atom. The predicted octanol–water partition coefficient (Wildman–Crippen LogP) is 5.87. The lowest BCUT2D eigenvalue weighted by molar-refractivity contribution is 0.490. The molecule has 5 heteroatoms. The fraction of sp³-hybridized carbons (Fsp3) is 0.800. The van der Waals surface area contributed by atoms with Gasteiger partial charge in [0.05, 0.1) is 6.26 Å². The van der Waals surface area contributed by atoms with E-state index in [2.05, 4.69) is 36.7 Å². The molecule has 0 aliphatic carbocycles. The number of unbranched alkanes of at least 4 members (excludes halogenated alkanes) is 9. The van der Waals surface area contributed by atoms with Gasteiger partial charge in [-0.15, -0.1) is 0 Å². The second-order valence-electron chi connectivity index (χ2n) is 6.86. The first-order valence-corrected chi connectivity index (χ1v) is 11.8. The standard InChI is InChI=1S/C19H35N.CH4O3S/c1-3-5-7-8-9-10-11-12-13-17-20-18-14-16-19(20)15-6-4-2;1-5(2,3)4/h14,16,18H,3-13,15,17H2,1-2H3;1H3,(H,2,3,4). The zero-order valence-corrected chi connectivity index (χ0v) is 17.4. The highest BCUT2D eigenvalue weighted by Crippen LogP contribution is 2.12. The Hall–Kier alpha value is -0.810. The second kappa shape index (κ2) is 15.4. The van der Waals surface area contributed by atoms with Crippen molar-refractivity contribution in [3.8, 4) is 0 Å². The van der Waals surface area contributed by atoms with Gasteiger partial charge < -0.3 is 4.57 Å². The molecule has 0 aromatic carbocycles. The molecule has 1 N–H and O–H groups in total. The zero-order valence-electron chi connectivity index (χ0n) is 16.5. The molecule has 0 aliphatic heterocycles. The highest BCUT2D eigenvalue weighted by molar-refractivity contribution is 7.85. The van der Waals surface area contributed by atoms with Crippen molar-refractivity contribution in [3.05, 3.63) is 24.0 Å². The molecule has 4 nitrogen and oxygen atoms in total. The molecule has 0 radical (unpaired) electrons. The maximum absolute atomic E-state index is 9.19. The van der Waals surface area contributed by atoms with Crippen molar-refractivity contribution in [1.82, 2.24) is 4.57 Å². The van der Waals surface area contributed by atoms with Crippen LogP contribution < -0.4 is 0 Å². The van der Waals surface area contributed by atoms with Gasteiger partial charge in [0.1, 0.15) is 0 Å². The smallest absolute Gasteiger partial charge is 0.261 e. The first-order valence-electron chi connectivity index (χ1n) is 9.95. The molecule has 0 bridgehead atoms. The monoisotopic (exact) mass is 373 g/mol. The summed E-state index contributed by atoms with van der Waals surface area (Å²) >= 11 is 0. The number of rotatable bonds is 13. The third-order valence-electron chi connectivity index (χ3n) is 4.21. The van der Waals surface area contributed by atoms with E-state index in [1.165, 1.54) is 89.3 Å². The van der Waals surface area contributed by atoms with Gasteiger partial charge in [0.15, 0.2) is 0 Å². The Bertz CT molecular complexity index is 501. The summed E-state index contributed by atoms with van der Waals surface area (Å²) in [5, 5.41) is 0. The Kier molecular flexibility index (Phi) is 14.9. The van der Waals surface area contributed by atoms with E-state index in [-0.39, 0.29) is 0 Å². The van der Waals surface area contributed by atoms with Crippen LogP contribution in [0.2, 0.25) is 0 Å². The minimum Gasteiger partial charge on any atom is -0.351 e. The lowest BCUT2D eigenvalue weighted by atomic mass is 10.1. The Morgan fingerprint density at radius 3 is 1.88 bits per heavy atom. The Labute approximate surface area is 155 Å². The van der Waals surface area contributed by atoms with Crippen LogP contribution in [0, 0.1) is 0 Å². The number of nitrogens with zero attached hydrogens (tertiary/aromatic N) is 1. The molecule has 0 unspecified atom stereocenters. The molecule has 1 heterocycles. The lowest BCUT2D eigenvalue weighted by Crippen LogP contribution is -2.02. The number of aromatic nitrogens is 1. The van der Waals surface area contributed by atoms with E-state index in [1.807, 2.05) is 0 Å². The summed E-state index contributed by atoms with van der Waals surface area (Å²) in [6.07, 6.45) is 19.6. The lowest BCUT2D eigenvalue weighted by Gasteiger charge is -2.09. The molecule has 25 heavy (non-hydrogen) atoms. The zero-order chi connectivity index (χ0) is 19.0. The topological polar surface area (TPSA) is 59.3 Å². The van der Waals surface area contributed by atoms with E-state index in [0.717, 1.165) is 0 Å². The van der Waals surface area contributed by atoms with Crippen molar-refractivity contribution < 1.29 is 13.0 Å². The highest BCUT2D eigenvalue weighted by atomic mass is 32.2. The average Bonchev–Trinajstić information content (AvgIpc) is 2.97. The van der Waals surface area contributed by atoms with Crippen molar-refractivity contribution in [2.24, 2.45) is 0 Å². The van der Waals surface area contributed by atoms with Gasteiger partial charge in [-0.25, -0.2) is 0 Å². The van der Waals surface area contributed by atoms with Gasteiger partial charge in [0, 0.05) is 18.4 Å². The normalized spacial score (nSPS) is 11.2. The molecule has 0 saturated heterocycles. The van der Waals surface area contributed by atoms with Gasteiger partial charge in [0.25, 0.3) is 10.1 Å². The van der Waals surface area contributed by atoms with E-state index >= 15 is 0 Å². The third kappa shape index (κ3) is 17.8. The largest absolute Gasteiger partial charge is 0.351 e. The molecule has 1 rings (SSSR count). The van der Waals surface area contributed by atoms with Crippen molar-refractivity contribution in [2.75, 3.05) is 6.26 Å². The summed E-state index contributed by atoms with van der Waals surface area (Å²) < 4.78 is 28.3. The Balaban J connectivity index is 0.00000101. The Morgan fingerprint density at radius 1 is 0.880 bits per heavy atom. The number of aryl methyl sites for hydroxylation is 2. The molecule has 0 aliphatic rings. The summed E-state index contributed by atoms with van der Waals surface area (Å²) in [5.74, 6) is 0. The predicted molar refractivity (Wildman–Crippen MR) is 108 cm³/mol. The minimum absolute atomic E-state index is 0.715. The van der Waals surface area contributed by atoms with Gasteiger partial charge in [-0.05, 0) is 31.4 Å². The van der Waals surface area contributed by atoms with Crippen LogP contribution in [0.1, 0.15) is 90.2 Å². The molecule has 1 aromatic heterocycles. The van der Waals surface area contributed by atoms with E-state index in [9.17, 15) is 8.42 Å². The molecule has 0 spiro atoms. The van der Waals surface area contributed by atoms with Gasteiger partial charge in [-0.1, -0.05) is 71.6 Å². The summed E-state index contributed by atoms with van der Waals surface area (Å²) in [6, 6.07) is 4.50. The van der Waals surface area contributed by atoms with E-state index in [1.54, 1.807) is 0 Å². The van der Waals surface area contributed by atoms with Crippen molar-refractivity contribution in [2.45, 2.75) is 97.4 Å². The van der Waals surface area contributed by atoms with Crippen LogP contribution in [-0.4, -0.2) is 23.8 Å². The van der Waals surface area contributed by atoms with Crippen LogP contribution in [0.5, 0.6) is 0 Å². The fourth-order valence-corrected chi connectivity index (χ4v) is 2.85. The highest BCUT2D eigenvalue weighted by Gasteiger charge is 2.00. The van der Waals surface area contributed by atoms with Crippen LogP contribution in [0.25, 0.3) is 0 Å². The van der Waals surface area contributed by atoms with Gasteiger partial charge in [-0.3, -0.25) is 4.55 Å². The quantitative estimate of drug-likeness (QED) is 0.348.